The molecule has 0 amide bonds. The van der Waals surface area contributed by atoms with Gasteiger partial charge in [-0.15, -0.1) is 0 Å². The molecule has 0 saturated carbocycles. The summed E-state index contributed by atoms with van der Waals surface area (Å²) in [6.45, 7) is 9.75. The monoisotopic (exact) mass is 420 g/mol. The SMILES string of the molecule is CC1=CC2=[N+](C)c3ccccc3C2=C1[Si](C)(C)C1=C2C(=[N+](C)c3ccccc32)C=C1C. The van der Waals surface area contributed by atoms with Gasteiger partial charge in [-0.3, -0.25) is 0 Å². The number of allylic oxidation sites excluding steroid dienone is 8. The molecule has 152 valence electrons. The van der Waals surface area contributed by atoms with Gasteiger partial charge in [-0.2, -0.15) is 9.15 Å². The average molecular weight is 421 g/mol. The minimum Gasteiger partial charge on any atom is -0.194 e. The van der Waals surface area contributed by atoms with Crippen LogP contribution in [0.15, 0.2) is 82.2 Å². The van der Waals surface area contributed by atoms with E-state index in [-0.39, 0.29) is 0 Å². The molecule has 2 aliphatic heterocycles. The van der Waals surface area contributed by atoms with Crippen molar-refractivity contribution in [1.82, 2.24) is 0 Å². The highest BCUT2D eigenvalue weighted by Crippen LogP contribution is 2.51. The fourth-order valence-corrected chi connectivity index (χ4v) is 10.5. The van der Waals surface area contributed by atoms with E-state index in [2.05, 4.69) is 111 Å². The normalized spacial score (nSPS) is 19.2. The van der Waals surface area contributed by atoms with Crippen LogP contribution in [0.2, 0.25) is 13.1 Å². The lowest BCUT2D eigenvalue weighted by Crippen LogP contribution is -2.34. The third kappa shape index (κ3) is 2.22. The van der Waals surface area contributed by atoms with Crippen molar-refractivity contribution in [2.45, 2.75) is 26.9 Å². The Balaban J connectivity index is 1.66. The van der Waals surface area contributed by atoms with Gasteiger partial charge in [0.15, 0.2) is 0 Å². The highest BCUT2D eigenvalue weighted by Gasteiger charge is 2.49. The lowest BCUT2D eigenvalue weighted by atomic mass is 10.1. The fraction of sp³-hybridized carbons (Fsp3) is 0.214. The van der Waals surface area contributed by atoms with E-state index in [1.165, 1.54) is 56.2 Å². The van der Waals surface area contributed by atoms with Crippen LogP contribution in [0.4, 0.5) is 11.4 Å². The van der Waals surface area contributed by atoms with Gasteiger partial charge >= 0.3 is 0 Å². The molecule has 0 unspecified atom stereocenters. The van der Waals surface area contributed by atoms with Crippen molar-refractivity contribution in [2.24, 2.45) is 0 Å². The predicted molar refractivity (Wildman–Crippen MR) is 133 cm³/mol. The molecule has 2 heterocycles. The van der Waals surface area contributed by atoms with E-state index in [9.17, 15) is 0 Å². The summed E-state index contributed by atoms with van der Waals surface area (Å²) in [5, 5.41) is 3.20. The molecule has 4 aliphatic rings. The van der Waals surface area contributed by atoms with E-state index < -0.39 is 8.07 Å². The molecular weight excluding hydrogens is 392 g/mol. The minimum absolute atomic E-state index is 1.33. The van der Waals surface area contributed by atoms with Gasteiger partial charge in [0.05, 0.1) is 22.3 Å². The Morgan fingerprint density at radius 1 is 0.613 bits per heavy atom. The summed E-state index contributed by atoms with van der Waals surface area (Å²) in [5.41, 5.74) is 14.0. The number of benzene rings is 2. The van der Waals surface area contributed by atoms with Crippen molar-refractivity contribution in [3.63, 3.8) is 0 Å². The third-order valence-electron chi connectivity index (χ3n) is 7.55. The van der Waals surface area contributed by atoms with Crippen LogP contribution in [0, 0.1) is 0 Å². The Kier molecular flexibility index (Phi) is 3.63. The molecule has 0 spiro atoms. The van der Waals surface area contributed by atoms with Gasteiger partial charge in [0, 0.05) is 24.3 Å². The van der Waals surface area contributed by atoms with Crippen LogP contribution in [0.5, 0.6) is 0 Å². The first-order valence-corrected chi connectivity index (χ1v) is 14.1. The molecule has 0 aromatic heterocycles. The predicted octanol–water partition coefficient (Wildman–Crippen LogP) is 6.06. The molecule has 0 radical (unpaired) electrons. The van der Waals surface area contributed by atoms with Gasteiger partial charge in [-0.05, 0) is 47.5 Å². The van der Waals surface area contributed by atoms with Crippen LogP contribution < -0.4 is 0 Å². The Hall–Kier alpha value is -3.04. The molecule has 6 rings (SSSR count). The van der Waals surface area contributed by atoms with Crippen molar-refractivity contribution in [2.75, 3.05) is 14.1 Å². The maximum Gasteiger partial charge on any atom is 0.213 e. The zero-order chi connectivity index (χ0) is 21.7. The van der Waals surface area contributed by atoms with Crippen LogP contribution in [0.3, 0.4) is 0 Å². The van der Waals surface area contributed by atoms with Gasteiger partial charge in [0.1, 0.15) is 22.2 Å². The molecule has 3 heteroatoms. The molecule has 2 nitrogen and oxygen atoms in total. The van der Waals surface area contributed by atoms with Crippen LogP contribution in [0.1, 0.15) is 25.0 Å². The van der Waals surface area contributed by atoms with Gasteiger partial charge in [0.25, 0.3) is 0 Å². The van der Waals surface area contributed by atoms with E-state index in [0.717, 1.165) is 0 Å². The molecule has 0 N–H and O–H groups in total. The van der Waals surface area contributed by atoms with Crippen molar-refractivity contribution in [3.8, 4) is 0 Å². The van der Waals surface area contributed by atoms with E-state index in [1.54, 1.807) is 10.4 Å². The molecule has 2 aliphatic carbocycles. The lowest BCUT2D eigenvalue weighted by Gasteiger charge is -2.30. The Morgan fingerprint density at radius 2 is 1.00 bits per heavy atom. The maximum absolute atomic E-state index is 2.56. The van der Waals surface area contributed by atoms with Crippen molar-refractivity contribution in [1.29, 1.82) is 0 Å². The molecule has 2 aromatic rings. The van der Waals surface area contributed by atoms with E-state index >= 15 is 0 Å². The highest BCUT2D eigenvalue weighted by molar-refractivity contribution is 6.95. The average Bonchev–Trinajstić information content (AvgIpc) is 3.43. The van der Waals surface area contributed by atoms with Gasteiger partial charge < -0.3 is 0 Å². The second-order valence-corrected chi connectivity index (χ2v) is 14.0. The zero-order valence-electron chi connectivity index (χ0n) is 19.2. The Bertz CT molecular complexity index is 1310. The topological polar surface area (TPSA) is 6.02 Å². The van der Waals surface area contributed by atoms with Gasteiger partial charge in [-0.1, -0.05) is 37.4 Å². The number of para-hydroxylation sites is 2. The summed E-state index contributed by atoms with van der Waals surface area (Å²) in [5.74, 6) is 0. The van der Waals surface area contributed by atoms with Gasteiger partial charge in [-0.25, -0.2) is 0 Å². The van der Waals surface area contributed by atoms with E-state index in [0.29, 0.717) is 0 Å². The summed E-state index contributed by atoms with van der Waals surface area (Å²) in [6, 6.07) is 17.8. The Morgan fingerprint density at radius 3 is 1.42 bits per heavy atom. The van der Waals surface area contributed by atoms with Crippen molar-refractivity contribution < 1.29 is 9.15 Å². The first-order valence-electron chi connectivity index (χ1n) is 11.1. The van der Waals surface area contributed by atoms with Crippen LogP contribution >= 0.6 is 0 Å². The molecule has 0 saturated heterocycles. The maximum atomic E-state index is 2.56. The first-order chi connectivity index (χ1) is 14.8. The first kappa shape index (κ1) is 18.7. The quantitative estimate of drug-likeness (QED) is 0.412. The fourth-order valence-electron chi connectivity index (χ4n) is 6.37. The number of fused-ring (bicyclic) bond motifs is 6. The van der Waals surface area contributed by atoms with Gasteiger partial charge in [0.2, 0.25) is 22.8 Å². The summed E-state index contributed by atoms with van der Waals surface area (Å²) >= 11 is 0. The smallest absolute Gasteiger partial charge is 0.194 e. The van der Waals surface area contributed by atoms with E-state index in [1.807, 2.05) is 0 Å². The van der Waals surface area contributed by atoms with Crippen LogP contribution in [-0.2, 0) is 0 Å². The largest absolute Gasteiger partial charge is 0.213 e. The van der Waals surface area contributed by atoms with Crippen LogP contribution in [0.25, 0.3) is 11.1 Å². The number of nitrogens with zero attached hydrogens (tertiary/aromatic N) is 2. The number of hydrogen-bond acceptors (Lipinski definition) is 0. The Labute approximate surface area is 185 Å². The molecule has 31 heavy (non-hydrogen) atoms. The molecule has 0 atom stereocenters. The third-order valence-corrected chi connectivity index (χ3v) is 11.3. The number of hydrogen-bond donors (Lipinski definition) is 0. The van der Waals surface area contributed by atoms with Crippen LogP contribution in [-0.4, -0.2) is 42.7 Å². The molecule has 0 bridgehead atoms. The molecule has 0 fully saturated rings. The molecular formula is C28H28N2Si+2. The second kappa shape index (κ2) is 6.01. The zero-order valence-corrected chi connectivity index (χ0v) is 20.2. The van der Waals surface area contributed by atoms with Crippen molar-refractivity contribution in [3.05, 3.63) is 93.3 Å². The standard InChI is InChI=1S/C28H28N2Si/c1-17-15-23-25(19-11-7-9-13-21(19)29(23)3)27(17)31(5,6)28-18(2)16-24-26(28)20-12-8-10-14-22(20)30(24)4/h7-16H,1-6H3/q+2. The summed E-state index contributed by atoms with van der Waals surface area (Å²) in [7, 11) is 2.41. The molecule has 2 aromatic carbocycles. The minimum atomic E-state index is -2.00. The number of rotatable bonds is 2. The highest BCUT2D eigenvalue weighted by atomic mass is 28.3. The summed E-state index contributed by atoms with van der Waals surface area (Å²) in [6.07, 6.45) is 4.83. The summed E-state index contributed by atoms with van der Waals surface area (Å²) in [4.78, 5) is 0. The lowest BCUT2D eigenvalue weighted by molar-refractivity contribution is -0.399. The van der Waals surface area contributed by atoms with Crippen molar-refractivity contribution >= 4 is 42.0 Å². The summed E-state index contributed by atoms with van der Waals surface area (Å²) < 4.78 is 4.74. The second-order valence-electron chi connectivity index (χ2n) is 9.70. The van der Waals surface area contributed by atoms with E-state index in [4.69, 9.17) is 0 Å².